The molecule has 1 amide bonds. The van der Waals surface area contributed by atoms with Gasteiger partial charge in [-0.05, 0) is 29.5 Å². The Morgan fingerprint density at radius 1 is 1.35 bits per heavy atom. The number of allylic oxidation sites excluding steroid dienone is 1. The summed E-state index contributed by atoms with van der Waals surface area (Å²) in [7, 11) is 0. The molecule has 0 aliphatic rings. The fourth-order valence-electron chi connectivity index (χ4n) is 1.43. The van der Waals surface area contributed by atoms with Crippen molar-refractivity contribution < 1.29 is 4.79 Å². The number of nitrogens with zero attached hydrogens (tertiary/aromatic N) is 4. The second-order valence-corrected chi connectivity index (χ2v) is 3.81. The number of carbonyl (C=O) groups is 1. The Bertz CT molecular complexity index is 652. The van der Waals surface area contributed by atoms with Crippen LogP contribution < -0.4 is 10.6 Å². The van der Waals surface area contributed by atoms with Crippen molar-refractivity contribution in [2.24, 2.45) is 0 Å². The van der Waals surface area contributed by atoms with E-state index in [0.717, 1.165) is 5.69 Å². The molecule has 8 nitrogen and oxygen atoms in total. The molecule has 1 heterocycles. The summed E-state index contributed by atoms with van der Waals surface area (Å²) in [6.07, 6.45) is 1.48. The molecule has 0 atom stereocenters. The molecule has 0 saturated heterocycles. The van der Waals surface area contributed by atoms with Gasteiger partial charge in [-0.2, -0.15) is 10.5 Å². The predicted octanol–water partition coefficient (Wildman–Crippen LogP) is 1.13. The molecule has 0 aliphatic carbocycles. The van der Waals surface area contributed by atoms with E-state index in [2.05, 4.69) is 31.3 Å². The van der Waals surface area contributed by atoms with Crippen LogP contribution in [-0.4, -0.2) is 26.5 Å². The summed E-state index contributed by atoms with van der Waals surface area (Å²) in [6, 6.07) is 9.01. The molecule has 2 aromatic rings. The maximum atomic E-state index is 10.9. The minimum Gasteiger partial charge on any atom is -0.360 e. The monoisotopic (exact) mass is 269 g/mol. The number of carbonyl (C=O) groups excluding carboxylic acids is 1. The summed E-state index contributed by atoms with van der Waals surface area (Å²) in [5.74, 6) is 0.0874. The number of benzene rings is 1. The maximum absolute atomic E-state index is 10.9. The molecule has 20 heavy (non-hydrogen) atoms. The van der Waals surface area contributed by atoms with Crippen molar-refractivity contribution in [1.29, 1.82) is 5.26 Å². The van der Waals surface area contributed by atoms with Crippen molar-refractivity contribution in [2.45, 2.75) is 6.92 Å². The van der Waals surface area contributed by atoms with Crippen LogP contribution in [0.2, 0.25) is 0 Å². The van der Waals surface area contributed by atoms with Crippen molar-refractivity contribution in [3.05, 3.63) is 36.3 Å². The Balaban J connectivity index is 2.07. The normalized spacial score (nSPS) is 10.7. The Kier molecular flexibility index (Phi) is 4.04. The van der Waals surface area contributed by atoms with Crippen LogP contribution in [0.4, 0.5) is 11.4 Å². The third-order valence-corrected chi connectivity index (χ3v) is 2.30. The summed E-state index contributed by atoms with van der Waals surface area (Å²) in [6.45, 7) is 1.44. The molecule has 8 heteroatoms. The number of nitrogens with one attached hydrogen (secondary N) is 3. The topological polar surface area (TPSA) is 119 Å². The smallest absolute Gasteiger partial charge is 0.221 e. The highest BCUT2D eigenvalue weighted by molar-refractivity contribution is 5.88. The van der Waals surface area contributed by atoms with E-state index in [4.69, 9.17) is 5.26 Å². The number of hydrogen-bond acceptors (Lipinski definition) is 6. The number of hydrogen-bond donors (Lipinski definition) is 3. The lowest BCUT2D eigenvalue weighted by Gasteiger charge is -2.04. The quantitative estimate of drug-likeness (QED) is 0.716. The molecule has 1 aromatic carbocycles. The lowest BCUT2D eigenvalue weighted by atomic mass is 10.2. The van der Waals surface area contributed by atoms with Crippen LogP contribution >= 0.6 is 0 Å². The van der Waals surface area contributed by atoms with E-state index in [9.17, 15) is 4.79 Å². The highest BCUT2D eigenvalue weighted by Crippen LogP contribution is 2.14. The molecule has 0 aliphatic heterocycles. The minimum atomic E-state index is -0.130. The van der Waals surface area contributed by atoms with Gasteiger partial charge in [0.2, 0.25) is 11.7 Å². The Hall–Kier alpha value is -3.21. The summed E-state index contributed by atoms with van der Waals surface area (Å²) in [4.78, 5) is 10.9. The van der Waals surface area contributed by atoms with Gasteiger partial charge in [-0.15, -0.1) is 10.2 Å². The van der Waals surface area contributed by atoms with Crippen LogP contribution in [0.3, 0.4) is 0 Å². The summed E-state index contributed by atoms with van der Waals surface area (Å²) < 4.78 is 0. The van der Waals surface area contributed by atoms with Gasteiger partial charge in [0.25, 0.3) is 0 Å². The number of aromatic nitrogens is 4. The lowest BCUT2D eigenvalue weighted by molar-refractivity contribution is -0.114. The van der Waals surface area contributed by atoms with Crippen molar-refractivity contribution in [3.63, 3.8) is 0 Å². The summed E-state index contributed by atoms with van der Waals surface area (Å²) in [5, 5.41) is 27.7. The zero-order valence-corrected chi connectivity index (χ0v) is 10.6. The first kappa shape index (κ1) is 13.2. The van der Waals surface area contributed by atoms with Crippen molar-refractivity contribution in [1.82, 2.24) is 20.6 Å². The molecule has 0 saturated carbocycles. The molecule has 0 bridgehead atoms. The van der Waals surface area contributed by atoms with Crippen LogP contribution in [0.15, 0.2) is 30.5 Å². The van der Waals surface area contributed by atoms with Crippen molar-refractivity contribution >= 4 is 22.9 Å². The van der Waals surface area contributed by atoms with E-state index in [1.165, 1.54) is 13.1 Å². The Morgan fingerprint density at radius 2 is 2.05 bits per heavy atom. The molecule has 2 rings (SSSR count). The van der Waals surface area contributed by atoms with Crippen molar-refractivity contribution in [3.8, 4) is 6.07 Å². The molecule has 100 valence electrons. The third kappa shape index (κ3) is 3.39. The highest BCUT2D eigenvalue weighted by Gasteiger charge is 2.05. The number of aromatic amines is 1. The van der Waals surface area contributed by atoms with Gasteiger partial charge in [0.1, 0.15) is 11.6 Å². The van der Waals surface area contributed by atoms with Gasteiger partial charge in [0.05, 0.1) is 0 Å². The first-order chi connectivity index (χ1) is 9.69. The van der Waals surface area contributed by atoms with Crippen molar-refractivity contribution in [2.75, 3.05) is 10.6 Å². The molecule has 1 aromatic heterocycles. The van der Waals surface area contributed by atoms with Gasteiger partial charge >= 0.3 is 0 Å². The molecular weight excluding hydrogens is 258 g/mol. The standard InChI is InChI=1S/C12H11N7O/c1-8(20)15-11-4-2-10(3-5-11)14-7-9(6-13)12-16-18-19-17-12/h2-5,7,14H,1H3,(H,15,20)(H,16,17,18,19). The fraction of sp³-hybridized carbons (Fsp3) is 0.0833. The average molecular weight is 269 g/mol. The molecule has 0 radical (unpaired) electrons. The second kappa shape index (κ2) is 6.10. The lowest BCUT2D eigenvalue weighted by Crippen LogP contribution is -2.05. The first-order valence-electron chi connectivity index (χ1n) is 5.67. The number of rotatable bonds is 4. The van der Waals surface area contributed by atoms with Crippen LogP contribution in [0.1, 0.15) is 12.7 Å². The third-order valence-electron chi connectivity index (χ3n) is 2.30. The van der Waals surface area contributed by atoms with Gasteiger partial charge in [0, 0.05) is 24.5 Å². The van der Waals surface area contributed by atoms with Crippen LogP contribution in [0.5, 0.6) is 0 Å². The van der Waals surface area contributed by atoms with Gasteiger partial charge in [-0.25, -0.2) is 0 Å². The van der Waals surface area contributed by atoms with Gasteiger partial charge in [-0.1, -0.05) is 0 Å². The van der Waals surface area contributed by atoms with E-state index in [0.29, 0.717) is 5.69 Å². The number of nitriles is 1. The number of anilines is 2. The first-order valence-corrected chi connectivity index (χ1v) is 5.67. The van der Waals surface area contributed by atoms with Gasteiger partial charge < -0.3 is 10.6 Å². The molecule has 3 N–H and O–H groups in total. The zero-order valence-electron chi connectivity index (χ0n) is 10.6. The van der Waals surface area contributed by atoms with E-state index in [-0.39, 0.29) is 17.3 Å². The molecular formula is C12H11N7O. The van der Waals surface area contributed by atoms with E-state index in [1.54, 1.807) is 24.3 Å². The van der Waals surface area contributed by atoms with Crippen LogP contribution in [-0.2, 0) is 4.79 Å². The van der Waals surface area contributed by atoms with Crippen LogP contribution in [0, 0.1) is 11.3 Å². The molecule has 0 fully saturated rings. The van der Waals surface area contributed by atoms with E-state index in [1.807, 2.05) is 6.07 Å². The summed E-state index contributed by atoms with van der Waals surface area (Å²) in [5.41, 5.74) is 1.71. The van der Waals surface area contributed by atoms with Gasteiger partial charge in [0.15, 0.2) is 0 Å². The van der Waals surface area contributed by atoms with Crippen LogP contribution in [0.25, 0.3) is 5.57 Å². The highest BCUT2D eigenvalue weighted by atomic mass is 16.1. The van der Waals surface area contributed by atoms with E-state index < -0.39 is 0 Å². The van der Waals surface area contributed by atoms with Gasteiger partial charge in [-0.3, -0.25) is 4.79 Å². The predicted molar refractivity (Wildman–Crippen MR) is 72.1 cm³/mol. The number of tetrazole rings is 1. The largest absolute Gasteiger partial charge is 0.360 e. The average Bonchev–Trinajstić information content (AvgIpc) is 2.95. The number of amides is 1. The molecule has 0 spiro atoms. The minimum absolute atomic E-state index is 0.130. The maximum Gasteiger partial charge on any atom is 0.221 e. The Labute approximate surface area is 114 Å². The fourth-order valence-corrected chi connectivity index (χ4v) is 1.43. The zero-order chi connectivity index (χ0) is 14.4. The summed E-state index contributed by atoms with van der Waals surface area (Å²) >= 11 is 0. The number of H-pyrrole nitrogens is 1. The van der Waals surface area contributed by atoms with E-state index >= 15 is 0 Å². The Morgan fingerprint density at radius 3 is 2.60 bits per heavy atom. The molecule has 0 unspecified atom stereocenters. The SMILES string of the molecule is CC(=O)Nc1ccc(NC=C(C#N)c2nn[nH]n2)cc1. The second-order valence-electron chi connectivity index (χ2n) is 3.81.